The Morgan fingerprint density at radius 2 is 2.00 bits per heavy atom. The lowest BCUT2D eigenvalue weighted by Crippen LogP contribution is -2.46. The molecule has 1 atom stereocenters. The standard InChI is InChI=1S/C11H22N2O4/c1-11(2,3)9(16-17-10(12)14)8-13-4-6-15-7-5-13/h9H,4-8H2,1-3H3,(H2,12,14). The molecule has 1 aliphatic heterocycles. The maximum Gasteiger partial charge on any atom is 0.436 e. The number of nitrogens with two attached hydrogens (primary N) is 1. The molecule has 100 valence electrons. The molecule has 0 aromatic rings. The van der Waals surface area contributed by atoms with E-state index in [9.17, 15) is 4.79 Å². The van der Waals surface area contributed by atoms with Crippen LogP contribution in [0.1, 0.15) is 20.8 Å². The number of hydrogen-bond acceptors (Lipinski definition) is 5. The molecule has 1 rings (SSSR count). The van der Waals surface area contributed by atoms with Crippen LogP contribution >= 0.6 is 0 Å². The predicted octanol–water partition coefficient (Wildman–Crippen LogP) is 0.760. The van der Waals surface area contributed by atoms with Crippen LogP contribution in [0, 0.1) is 5.41 Å². The molecular formula is C11H22N2O4. The molecule has 1 aliphatic rings. The van der Waals surface area contributed by atoms with Crippen molar-refractivity contribution in [2.45, 2.75) is 26.9 Å². The van der Waals surface area contributed by atoms with Gasteiger partial charge in [-0.2, -0.15) is 4.89 Å². The molecule has 1 unspecified atom stereocenters. The molecule has 0 aromatic carbocycles. The highest BCUT2D eigenvalue weighted by atomic mass is 17.2. The van der Waals surface area contributed by atoms with Gasteiger partial charge in [-0.1, -0.05) is 20.8 Å². The van der Waals surface area contributed by atoms with Crippen LogP contribution in [0.3, 0.4) is 0 Å². The van der Waals surface area contributed by atoms with E-state index in [2.05, 4.69) is 9.79 Å². The van der Waals surface area contributed by atoms with Gasteiger partial charge in [0.05, 0.1) is 13.2 Å². The molecule has 0 aromatic heterocycles. The van der Waals surface area contributed by atoms with Crippen molar-refractivity contribution in [3.05, 3.63) is 0 Å². The van der Waals surface area contributed by atoms with E-state index in [1.807, 2.05) is 20.8 Å². The fourth-order valence-corrected chi connectivity index (χ4v) is 1.57. The van der Waals surface area contributed by atoms with E-state index in [1.54, 1.807) is 0 Å². The predicted molar refractivity (Wildman–Crippen MR) is 62.3 cm³/mol. The highest BCUT2D eigenvalue weighted by Crippen LogP contribution is 2.23. The van der Waals surface area contributed by atoms with E-state index < -0.39 is 6.09 Å². The summed E-state index contributed by atoms with van der Waals surface area (Å²) in [6.07, 6.45) is -1.13. The van der Waals surface area contributed by atoms with Crippen molar-refractivity contribution in [1.29, 1.82) is 0 Å². The molecule has 6 heteroatoms. The van der Waals surface area contributed by atoms with Crippen LogP contribution in [0.4, 0.5) is 4.79 Å². The summed E-state index contributed by atoms with van der Waals surface area (Å²) in [5, 5.41) is 0. The van der Waals surface area contributed by atoms with Crippen molar-refractivity contribution in [3.8, 4) is 0 Å². The van der Waals surface area contributed by atoms with E-state index >= 15 is 0 Å². The highest BCUT2D eigenvalue weighted by Gasteiger charge is 2.30. The largest absolute Gasteiger partial charge is 0.436 e. The lowest BCUT2D eigenvalue weighted by atomic mass is 9.89. The molecule has 6 nitrogen and oxygen atoms in total. The fourth-order valence-electron chi connectivity index (χ4n) is 1.57. The van der Waals surface area contributed by atoms with Crippen LogP contribution in [-0.2, 0) is 14.5 Å². The number of primary amides is 1. The summed E-state index contributed by atoms with van der Waals surface area (Å²) >= 11 is 0. The number of carbonyl (C=O) groups excluding carboxylic acids is 1. The molecule has 1 saturated heterocycles. The second-order valence-electron chi connectivity index (χ2n) is 5.27. The molecule has 0 saturated carbocycles. The van der Waals surface area contributed by atoms with Crippen molar-refractivity contribution < 1.29 is 19.3 Å². The van der Waals surface area contributed by atoms with E-state index in [0.717, 1.165) is 26.3 Å². The average Bonchev–Trinajstić information content (AvgIpc) is 2.23. The van der Waals surface area contributed by atoms with Gasteiger partial charge in [-0.15, -0.1) is 0 Å². The molecule has 1 heterocycles. The van der Waals surface area contributed by atoms with Crippen LogP contribution < -0.4 is 5.73 Å². The second-order valence-corrected chi connectivity index (χ2v) is 5.27. The SMILES string of the molecule is CC(C)(C)C(CN1CCOCC1)OOC(N)=O. The first kappa shape index (κ1) is 14.2. The number of ether oxygens (including phenoxy) is 1. The highest BCUT2D eigenvalue weighted by molar-refractivity contribution is 5.63. The minimum Gasteiger partial charge on any atom is -0.379 e. The summed E-state index contributed by atoms with van der Waals surface area (Å²) < 4.78 is 5.28. The lowest BCUT2D eigenvalue weighted by Gasteiger charge is -2.35. The Kier molecular flexibility index (Phi) is 5.17. The van der Waals surface area contributed by atoms with Gasteiger partial charge in [-0.25, -0.2) is 4.79 Å². The van der Waals surface area contributed by atoms with Crippen LogP contribution in [0.15, 0.2) is 0 Å². The Morgan fingerprint density at radius 1 is 1.41 bits per heavy atom. The molecule has 1 fully saturated rings. The van der Waals surface area contributed by atoms with Gasteiger partial charge in [0.2, 0.25) is 0 Å². The molecule has 0 radical (unpaired) electrons. The van der Waals surface area contributed by atoms with Crippen LogP contribution in [-0.4, -0.2) is 49.9 Å². The first-order valence-corrected chi connectivity index (χ1v) is 5.82. The second kappa shape index (κ2) is 6.18. The summed E-state index contributed by atoms with van der Waals surface area (Å²) in [7, 11) is 0. The molecule has 17 heavy (non-hydrogen) atoms. The molecule has 0 spiro atoms. The van der Waals surface area contributed by atoms with Crippen LogP contribution in [0.25, 0.3) is 0 Å². The minimum atomic E-state index is -0.916. The van der Waals surface area contributed by atoms with Crippen molar-refractivity contribution in [2.75, 3.05) is 32.8 Å². The lowest BCUT2D eigenvalue weighted by molar-refractivity contribution is -0.294. The van der Waals surface area contributed by atoms with Gasteiger partial charge in [-0.05, 0) is 5.41 Å². The van der Waals surface area contributed by atoms with Gasteiger partial charge in [-0.3, -0.25) is 9.79 Å². The van der Waals surface area contributed by atoms with Gasteiger partial charge in [0.1, 0.15) is 6.10 Å². The smallest absolute Gasteiger partial charge is 0.379 e. The average molecular weight is 246 g/mol. The number of rotatable bonds is 4. The summed E-state index contributed by atoms with van der Waals surface area (Å²) in [6.45, 7) is 9.98. The quantitative estimate of drug-likeness (QED) is 0.585. The van der Waals surface area contributed by atoms with Gasteiger partial charge in [0.15, 0.2) is 0 Å². The number of carbonyl (C=O) groups is 1. The molecular weight excluding hydrogens is 224 g/mol. The normalized spacial score (nSPS) is 19.9. The van der Waals surface area contributed by atoms with E-state index in [4.69, 9.17) is 15.4 Å². The van der Waals surface area contributed by atoms with Crippen molar-refractivity contribution in [3.63, 3.8) is 0 Å². The van der Waals surface area contributed by atoms with Gasteiger partial charge in [0.25, 0.3) is 0 Å². The van der Waals surface area contributed by atoms with Crippen molar-refractivity contribution >= 4 is 6.09 Å². The third kappa shape index (κ3) is 5.34. The summed E-state index contributed by atoms with van der Waals surface area (Å²) in [6, 6.07) is 0. The first-order chi connectivity index (χ1) is 7.89. The van der Waals surface area contributed by atoms with Gasteiger partial charge in [0, 0.05) is 19.6 Å². The van der Waals surface area contributed by atoms with Crippen molar-refractivity contribution in [1.82, 2.24) is 4.90 Å². The summed E-state index contributed by atoms with van der Waals surface area (Å²) in [5.41, 5.74) is 4.77. The van der Waals surface area contributed by atoms with Crippen LogP contribution in [0.5, 0.6) is 0 Å². The molecule has 2 N–H and O–H groups in total. The first-order valence-electron chi connectivity index (χ1n) is 5.82. The number of hydrogen-bond donors (Lipinski definition) is 1. The van der Waals surface area contributed by atoms with E-state index in [1.165, 1.54) is 0 Å². The van der Waals surface area contributed by atoms with E-state index in [-0.39, 0.29) is 11.5 Å². The number of nitrogens with zero attached hydrogens (tertiary/aromatic N) is 1. The summed E-state index contributed by atoms with van der Waals surface area (Å²) in [5.74, 6) is 0. The third-order valence-corrected chi connectivity index (χ3v) is 2.74. The summed E-state index contributed by atoms with van der Waals surface area (Å²) in [4.78, 5) is 22.4. The Balaban J connectivity index is 2.47. The van der Waals surface area contributed by atoms with Crippen molar-refractivity contribution in [2.24, 2.45) is 11.1 Å². The topological polar surface area (TPSA) is 74.0 Å². The third-order valence-electron chi connectivity index (χ3n) is 2.74. The minimum absolute atomic E-state index is 0.131. The molecule has 0 aliphatic carbocycles. The Bertz CT molecular complexity index is 246. The van der Waals surface area contributed by atoms with E-state index in [0.29, 0.717) is 6.54 Å². The Labute approximate surface area is 102 Å². The van der Waals surface area contributed by atoms with Crippen LogP contribution in [0.2, 0.25) is 0 Å². The monoisotopic (exact) mass is 246 g/mol. The Hall–Kier alpha value is -0.850. The number of morpholine rings is 1. The van der Waals surface area contributed by atoms with Gasteiger partial charge >= 0.3 is 6.09 Å². The number of amides is 1. The zero-order valence-corrected chi connectivity index (χ0v) is 10.8. The maximum atomic E-state index is 10.6. The maximum absolute atomic E-state index is 10.6. The zero-order chi connectivity index (χ0) is 12.9. The zero-order valence-electron chi connectivity index (χ0n) is 10.8. The molecule has 0 bridgehead atoms. The van der Waals surface area contributed by atoms with Gasteiger partial charge < -0.3 is 10.5 Å². The Morgan fingerprint density at radius 3 is 2.47 bits per heavy atom. The fraction of sp³-hybridized carbons (Fsp3) is 0.909. The molecule has 1 amide bonds.